The van der Waals surface area contributed by atoms with Crippen molar-refractivity contribution in [1.82, 2.24) is 0 Å². The second-order valence-electron chi connectivity index (χ2n) is 17.4. The monoisotopic (exact) mass is 824 g/mol. The number of carbonyl (C=O) groups is 3. The van der Waals surface area contributed by atoms with E-state index < -0.39 is 161 Å². The molecule has 19 heteroatoms. The molecule has 59 heavy (non-hydrogen) atoms. The molecule has 0 radical (unpaired) electrons. The number of aromatic carboxylic acids is 3. The number of aliphatic hydroxyl groups is 1. The first-order valence-electron chi connectivity index (χ1n) is 18.4. The molecule has 4 N–H and O–H groups in total. The highest BCUT2D eigenvalue weighted by Crippen LogP contribution is 2.71. The molecular weight excluding hydrogens is 784 g/mol. The summed E-state index contributed by atoms with van der Waals surface area (Å²) in [6, 6.07) is 0. The van der Waals surface area contributed by atoms with Crippen LogP contribution in [0.3, 0.4) is 0 Å². The van der Waals surface area contributed by atoms with Gasteiger partial charge in [0, 0.05) is 83.1 Å². The van der Waals surface area contributed by atoms with Crippen molar-refractivity contribution in [3.63, 3.8) is 0 Å². The van der Waals surface area contributed by atoms with Crippen molar-refractivity contribution < 1.29 is 91.7 Å². The lowest BCUT2D eigenvalue weighted by Crippen LogP contribution is -2.36. The van der Waals surface area contributed by atoms with E-state index in [0.717, 1.165) is 0 Å². The van der Waals surface area contributed by atoms with Gasteiger partial charge in [-0.3, -0.25) is 0 Å². The Labute approximate surface area is 335 Å². The van der Waals surface area contributed by atoms with Crippen molar-refractivity contribution in [3.05, 3.63) is 33.4 Å². The molecule has 9 rings (SSSR count). The van der Waals surface area contributed by atoms with E-state index in [1.807, 2.05) is 0 Å². The Kier molecular flexibility index (Phi) is 6.99. The van der Waals surface area contributed by atoms with Gasteiger partial charge in [0.2, 0.25) is 34.7 Å². The number of hydrogen-bond donors (Lipinski definition) is 4. The third kappa shape index (κ3) is 5.25. The molecule has 6 aliphatic heterocycles. The minimum atomic E-state index is -3.05. The van der Waals surface area contributed by atoms with Crippen LogP contribution in [0, 0.1) is 0 Å². The maximum Gasteiger partial charge on any atom is 0.343 e. The van der Waals surface area contributed by atoms with E-state index in [0.29, 0.717) is 0 Å². The van der Waals surface area contributed by atoms with Gasteiger partial charge in [-0.2, -0.15) is 0 Å². The third-order valence-electron chi connectivity index (χ3n) is 9.86. The number of ether oxygens (including phenoxy) is 12. The fraction of sp³-hybridized carbons (Fsp3) is 0.475. The van der Waals surface area contributed by atoms with E-state index in [-0.39, 0.29) is 0 Å². The summed E-state index contributed by atoms with van der Waals surface area (Å²) in [5.41, 5.74) is -5.88. The topological polar surface area (TPSA) is 243 Å². The van der Waals surface area contributed by atoms with Gasteiger partial charge in [-0.05, 0) is 0 Å². The van der Waals surface area contributed by atoms with E-state index in [1.54, 1.807) is 0 Å². The minimum absolute atomic E-state index is 0.391. The molecule has 3 aromatic rings. The van der Waals surface area contributed by atoms with Crippen LogP contribution in [0.1, 0.15) is 131 Å². The summed E-state index contributed by atoms with van der Waals surface area (Å²) in [7, 11) is 0. The zero-order valence-corrected chi connectivity index (χ0v) is 33.9. The molecule has 0 unspecified atom stereocenters. The minimum Gasteiger partial charge on any atom is -0.477 e. The summed E-state index contributed by atoms with van der Waals surface area (Å²) in [6.07, 6.45) is 0. The molecule has 0 aromatic heterocycles. The molecular formula is C40H40O19. The summed E-state index contributed by atoms with van der Waals surface area (Å²) in [6.45, 7) is 17.9. The number of benzene rings is 3. The van der Waals surface area contributed by atoms with E-state index >= 15 is 0 Å². The van der Waals surface area contributed by atoms with Crippen molar-refractivity contribution in [3.8, 4) is 69.0 Å². The number of carboxylic acid groups (broad SMARTS) is 3. The second kappa shape index (κ2) is 10.8. The summed E-state index contributed by atoms with van der Waals surface area (Å²) >= 11 is 0. The molecule has 3 aromatic carbocycles. The van der Waals surface area contributed by atoms with Crippen LogP contribution in [-0.2, 0) is 5.60 Å². The predicted octanol–water partition coefficient (Wildman–Crippen LogP) is 6.11. The Hall–Kier alpha value is -6.37. The lowest BCUT2D eigenvalue weighted by molar-refractivity contribution is -0.0544. The molecule has 0 amide bonds. The highest BCUT2D eigenvalue weighted by Gasteiger charge is 2.63. The van der Waals surface area contributed by atoms with Crippen molar-refractivity contribution in [2.75, 3.05) is 0 Å². The van der Waals surface area contributed by atoms with Gasteiger partial charge in [-0.15, -0.1) is 0 Å². The molecule has 0 aliphatic carbocycles. The molecule has 0 saturated carbocycles. The Balaban J connectivity index is 1.57. The normalized spacial score (nSPS) is 21.1. The van der Waals surface area contributed by atoms with Gasteiger partial charge in [0.05, 0.1) is 16.7 Å². The quantitative estimate of drug-likeness (QED) is 0.205. The third-order valence-corrected chi connectivity index (χ3v) is 9.86. The van der Waals surface area contributed by atoms with Gasteiger partial charge < -0.3 is 77.3 Å². The van der Waals surface area contributed by atoms with Crippen LogP contribution in [0.25, 0.3) is 0 Å². The molecule has 0 saturated heterocycles. The summed E-state index contributed by atoms with van der Waals surface area (Å²) in [5.74, 6) is -18.9. The first-order chi connectivity index (χ1) is 27.0. The maximum atomic E-state index is 14.7. The van der Waals surface area contributed by atoms with Gasteiger partial charge in [-0.25, -0.2) is 14.4 Å². The van der Waals surface area contributed by atoms with Gasteiger partial charge >= 0.3 is 17.9 Å². The highest BCUT2D eigenvalue weighted by atomic mass is 16.8. The van der Waals surface area contributed by atoms with Crippen molar-refractivity contribution in [2.45, 2.75) is 123 Å². The van der Waals surface area contributed by atoms with Crippen LogP contribution in [0.5, 0.6) is 69.0 Å². The SMILES string of the molecule is CC1(C)Oc2c(c(C(O)(c3c4c(c(C(=O)O)c5c3OC(C)(C)O5)OC(C)(C)O4)c3c4c(c(C(=O)O)c5c3OC(C)(C)O5)OC(C)(C)O4)c3c(c2C(=O)O)OC(C)(C)O3)O1. The van der Waals surface area contributed by atoms with Gasteiger partial charge in [0.15, 0.2) is 91.3 Å². The average molecular weight is 825 g/mol. The number of fused-ring (bicyclic) bond motifs is 6. The summed E-state index contributed by atoms with van der Waals surface area (Å²) in [5, 5.41) is 46.7. The van der Waals surface area contributed by atoms with Crippen molar-refractivity contribution >= 4 is 17.9 Å². The Morgan fingerprint density at radius 3 is 0.593 bits per heavy atom. The van der Waals surface area contributed by atoms with Crippen LogP contribution >= 0.6 is 0 Å². The molecule has 0 fully saturated rings. The van der Waals surface area contributed by atoms with Gasteiger partial charge in [0.1, 0.15) is 0 Å². The van der Waals surface area contributed by atoms with Crippen LogP contribution in [0.15, 0.2) is 0 Å². The molecule has 0 atom stereocenters. The average Bonchev–Trinajstić information content (AvgIpc) is 3.85. The number of carboxylic acids is 3. The summed E-state index contributed by atoms with van der Waals surface area (Å²) in [4.78, 5) is 39.5. The Morgan fingerprint density at radius 2 is 0.458 bits per heavy atom. The van der Waals surface area contributed by atoms with Crippen LogP contribution in [0.4, 0.5) is 0 Å². The van der Waals surface area contributed by atoms with Gasteiger partial charge in [-0.1, -0.05) is 0 Å². The zero-order chi connectivity index (χ0) is 43.1. The fourth-order valence-corrected chi connectivity index (χ4v) is 8.17. The molecule has 0 bridgehead atoms. The maximum absolute atomic E-state index is 14.7. The van der Waals surface area contributed by atoms with E-state index in [1.165, 1.54) is 83.1 Å². The molecule has 19 nitrogen and oxygen atoms in total. The van der Waals surface area contributed by atoms with E-state index in [2.05, 4.69) is 0 Å². The zero-order valence-electron chi connectivity index (χ0n) is 33.9. The lowest BCUT2D eigenvalue weighted by Gasteiger charge is -2.35. The van der Waals surface area contributed by atoms with Crippen molar-refractivity contribution in [2.24, 2.45) is 0 Å². The smallest absolute Gasteiger partial charge is 0.343 e. The number of hydrogen-bond acceptors (Lipinski definition) is 16. The summed E-state index contributed by atoms with van der Waals surface area (Å²) < 4.78 is 75.4. The van der Waals surface area contributed by atoms with Crippen LogP contribution < -0.4 is 56.8 Å². The Morgan fingerprint density at radius 1 is 0.322 bits per heavy atom. The largest absolute Gasteiger partial charge is 0.477 e. The first kappa shape index (κ1) is 38.2. The first-order valence-corrected chi connectivity index (χ1v) is 18.4. The highest BCUT2D eigenvalue weighted by molar-refractivity contribution is 6.02. The van der Waals surface area contributed by atoms with Gasteiger partial charge in [0.25, 0.3) is 0 Å². The molecule has 6 heterocycles. The second-order valence-corrected chi connectivity index (χ2v) is 17.4. The number of rotatable bonds is 6. The Bertz CT molecular complexity index is 2110. The standard InChI is InChI=1S/C40H40O19/c1-34(2)48-19-13(31(41)42)20-26(55-35(3,4)49-20)16(25(19)54-34)40(47,17-27-21(50-36(5,6)56-27)14(32(43)44)22-28(17)57-37(7,8)51-22)18-29-23(52-38(9,10)58-29)15(33(45)46)24-30(18)59-39(11,12)53-24/h47H,1-12H3,(H,41,42)(H,43,44)(H,45,46). The lowest BCUT2D eigenvalue weighted by atomic mass is 9.75. The predicted molar refractivity (Wildman–Crippen MR) is 194 cm³/mol. The molecule has 314 valence electrons. The van der Waals surface area contributed by atoms with E-state index in [4.69, 9.17) is 56.8 Å². The van der Waals surface area contributed by atoms with Crippen LogP contribution in [-0.4, -0.2) is 73.1 Å². The van der Waals surface area contributed by atoms with Crippen molar-refractivity contribution in [1.29, 1.82) is 0 Å². The fourth-order valence-electron chi connectivity index (χ4n) is 8.17. The van der Waals surface area contributed by atoms with E-state index in [9.17, 15) is 34.8 Å². The molecule has 0 spiro atoms. The molecule has 6 aliphatic rings. The van der Waals surface area contributed by atoms with Crippen LogP contribution in [0.2, 0.25) is 0 Å².